The average molecular weight is 127 g/mol. The number of rotatable bonds is 0. The van der Waals surface area contributed by atoms with E-state index in [1.165, 1.54) is 19.3 Å². The van der Waals surface area contributed by atoms with Gasteiger partial charge < -0.3 is 5.73 Å². The molecule has 1 saturated carbocycles. The van der Waals surface area contributed by atoms with E-state index >= 15 is 0 Å². The highest BCUT2D eigenvalue weighted by Gasteiger charge is 2.23. The lowest BCUT2D eigenvalue weighted by Gasteiger charge is -2.31. The summed E-state index contributed by atoms with van der Waals surface area (Å²) in [5, 5.41) is 0. The van der Waals surface area contributed by atoms with Crippen molar-refractivity contribution in [2.45, 2.75) is 39.2 Å². The monoisotopic (exact) mass is 127 g/mol. The van der Waals surface area contributed by atoms with Crippen molar-refractivity contribution in [2.24, 2.45) is 17.6 Å². The summed E-state index contributed by atoms with van der Waals surface area (Å²) < 4.78 is 0. The average Bonchev–Trinajstić information content (AvgIpc) is 1.83. The van der Waals surface area contributed by atoms with Gasteiger partial charge in [-0.3, -0.25) is 0 Å². The second-order valence-corrected chi connectivity index (χ2v) is 3.43. The lowest BCUT2D eigenvalue weighted by molar-refractivity contribution is 0.240. The first-order valence-corrected chi connectivity index (χ1v) is 3.97. The van der Waals surface area contributed by atoms with Crippen molar-refractivity contribution in [3.8, 4) is 0 Å². The molecule has 0 saturated heterocycles. The molecule has 1 heteroatoms. The minimum Gasteiger partial charge on any atom is -0.327 e. The molecule has 0 radical (unpaired) electrons. The SMILES string of the molecule is C[C@@H]1[C@H](C)CCC[C@@H]1N. The van der Waals surface area contributed by atoms with E-state index < -0.39 is 0 Å². The molecule has 1 nitrogen and oxygen atoms in total. The molecule has 1 aliphatic rings. The molecule has 54 valence electrons. The smallest absolute Gasteiger partial charge is 0.00670 e. The van der Waals surface area contributed by atoms with Crippen molar-refractivity contribution >= 4 is 0 Å². The number of hydrogen-bond donors (Lipinski definition) is 1. The molecular formula is C8H17N. The van der Waals surface area contributed by atoms with Crippen LogP contribution in [0.2, 0.25) is 0 Å². The van der Waals surface area contributed by atoms with Gasteiger partial charge in [-0.05, 0) is 18.3 Å². The second kappa shape index (κ2) is 2.70. The first kappa shape index (κ1) is 7.07. The highest BCUT2D eigenvalue weighted by molar-refractivity contribution is 4.78. The van der Waals surface area contributed by atoms with Gasteiger partial charge in [0.2, 0.25) is 0 Å². The van der Waals surface area contributed by atoms with Gasteiger partial charge >= 0.3 is 0 Å². The molecule has 1 aliphatic carbocycles. The van der Waals surface area contributed by atoms with Gasteiger partial charge in [-0.15, -0.1) is 0 Å². The van der Waals surface area contributed by atoms with Gasteiger partial charge in [-0.1, -0.05) is 26.7 Å². The minimum absolute atomic E-state index is 0.480. The summed E-state index contributed by atoms with van der Waals surface area (Å²) in [5.74, 6) is 1.60. The van der Waals surface area contributed by atoms with Crippen LogP contribution in [0.3, 0.4) is 0 Å². The molecule has 9 heavy (non-hydrogen) atoms. The Hall–Kier alpha value is -0.0400. The Bertz CT molecular complexity index is 80.6. The van der Waals surface area contributed by atoms with Crippen LogP contribution < -0.4 is 5.73 Å². The maximum Gasteiger partial charge on any atom is 0.00670 e. The van der Waals surface area contributed by atoms with E-state index in [9.17, 15) is 0 Å². The van der Waals surface area contributed by atoms with Gasteiger partial charge in [0.05, 0.1) is 0 Å². The summed E-state index contributed by atoms with van der Waals surface area (Å²) >= 11 is 0. The van der Waals surface area contributed by atoms with Crippen LogP contribution in [0.1, 0.15) is 33.1 Å². The van der Waals surface area contributed by atoms with Gasteiger partial charge in [0.25, 0.3) is 0 Å². The van der Waals surface area contributed by atoms with Crippen molar-refractivity contribution in [1.82, 2.24) is 0 Å². The fourth-order valence-corrected chi connectivity index (χ4v) is 1.62. The predicted octanol–water partition coefficient (Wildman–Crippen LogP) is 1.77. The van der Waals surface area contributed by atoms with Crippen molar-refractivity contribution < 1.29 is 0 Å². The van der Waals surface area contributed by atoms with E-state index in [1.807, 2.05) is 0 Å². The predicted molar refractivity (Wildman–Crippen MR) is 40.2 cm³/mol. The molecule has 0 aromatic heterocycles. The lowest BCUT2D eigenvalue weighted by Crippen LogP contribution is -2.35. The standard InChI is InChI=1S/C8H17N/c1-6-4-3-5-8(9)7(6)2/h6-8H,3-5,9H2,1-2H3/t6-,7-,8+/m1/s1. The Labute approximate surface area is 57.6 Å². The van der Waals surface area contributed by atoms with Crippen LogP contribution in [0.5, 0.6) is 0 Å². The molecule has 1 fully saturated rings. The van der Waals surface area contributed by atoms with Crippen LogP contribution in [-0.4, -0.2) is 6.04 Å². The van der Waals surface area contributed by atoms with Gasteiger partial charge in [-0.25, -0.2) is 0 Å². The molecule has 0 unspecified atom stereocenters. The maximum atomic E-state index is 5.87. The van der Waals surface area contributed by atoms with E-state index in [0.29, 0.717) is 6.04 Å². The molecule has 0 aromatic rings. The van der Waals surface area contributed by atoms with E-state index in [-0.39, 0.29) is 0 Å². The topological polar surface area (TPSA) is 26.0 Å². The Morgan fingerprint density at radius 1 is 1.22 bits per heavy atom. The van der Waals surface area contributed by atoms with Crippen molar-refractivity contribution in [2.75, 3.05) is 0 Å². The quantitative estimate of drug-likeness (QED) is 0.527. The molecule has 0 aromatic carbocycles. The third kappa shape index (κ3) is 1.45. The largest absolute Gasteiger partial charge is 0.327 e. The summed E-state index contributed by atoms with van der Waals surface area (Å²) in [7, 11) is 0. The summed E-state index contributed by atoms with van der Waals surface area (Å²) in [6.07, 6.45) is 3.97. The molecule has 0 bridgehead atoms. The Morgan fingerprint density at radius 2 is 1.89 bits per heavy atom. The zero-order valence-corrected chi connectivity index (χ0v) is 6.43. The van der Waals surface area contributed by atoms with Gasteiger partial charge in [0.1, 0.15) is 0 Å². The van der Waals surface area contributed by atoms with Gasteiger partial charge in [0.15, 0.2) is 0 Å². The molecule has 0 heterocycles. The summed E-state index contributed by atoms with van der Waals surface area (Å²) in [5.41, 5.74) is 5.87. The number of nitrogens with two attached hydrogens (primary N) is 1. The Balaban J connectivity index is 2.41. The highest BCUT2D eigenvalue weighted by atomic mass is 14.7. The van der Waals surface area contributed by atoms with Crippen LogP contribution in [0, 0.1) is 11.8 Å². The fourth-order valence-electron chi connectivity index (χ4n) is 1.62. The van der Waals surface area contributed by atoms with Crippen molar-refractivity contribution in [1.29, 1.82) is 0 Å². The molecular weight excluding hydrogens is 110 g/mol. The van der Waals surface area contributed by atoms with Crippen molar-refractivity contribution in [3.05, 3.63) is 0 Å². The van der Waals surface area contributed by atoms with Gasteiger partial charge in [-0.2, -0.15) is 0 Å². The summed E-state index contributed by atoms with van der Waals surface area (Å²) in [4.78, 5) is 0. The third-order valence-electron chi connectivity index (χ3n) is 2.77. The second-order valence-electron chi connectivity index (χ2n) is 3.43. The summed E-state index contributed by atoms with van der Waals surface area (Å²) in [6.45, 7) is 4.58. The molecule has 1 rings (SSSR count). The third-order valence-corrected chi connectivity index (χ3v) is 2.77. The van der Waals surface area contributed by atoms with Crippen LogP contribution in [-0.2, 0) is 0 Å². The van der Waals surface area contributed by atoms with Crippen LogP contribution >= 0.6 is 0 Å². The molecule has 3 atom stereocenters. The van der Waals surface area contributed by atoms with E-state index in [1.54, 1.807) is 0 Å². The zero-order chi connectivity index (χ0) is 6.85. The van der Waals surface area contributed by atoms with Crippen LogP contribution in [0.4, 0.5) is 0 Å². The molecule has 0 spiro atoms. The first-order chi connectivity index (χ1) is 4.22. The van der Waals surface area contributed by atoms with Crippen LogP contribution in [0.15, 0.2) is 0 Å². The van der Waals surface area contributed by atoms with E-state index in [2.05, 4.69) is 13.8 Å². The van der Waals surface area contributed by atoms with E-state index in [0.717, 1.165) is 11.8 Å². The fraction of sp³-hybridized carbons (Fsp3) is 1.00. The normalized spacial score (nSPS) is 45.0. The Morgan fingerprint density at radius 3 is 2.33 bits per heavy atom. The van der Waals surface area contributed by atoms with Crippen molar-refractivity contribution in [3.63, 3.8) is 0 Å². The molecule has 2 N–H and O–H groups in total. The number of hydrogen-bond acceptors (Lipinski definition) is 1. The lowest BCUT2D eigenvalue weighted by atomic mass is 9.78. The minimum atomic E-state index is 0.480. The molecule has 0 amide bonds. The van der Waals surface area contributed by atoms with E-state index in [4.69, 9.17) is 5.73 Å². The van der Waals surface area contributed by atoms with Gasteiger partial charge in [0, 0.05) is 6.04 Å². The first-order valence-electron chi connectivity index (χ1n) is 3.97. The zero-order valence-electron chi connectivity index (χ0n) is 6.43. The maximum absolute atomic E-state index is 5.87. The molecule has 0 aliphatic heterocycles. The summed E-state index contributed by atoms with van der Waals surface area (Å²) in [6, 6.07) is 0.480. The Kier molecular flexibility index (Phi) is 2.12. The van der Waals surface area contributed by atoms with Crippen LogP contribution in [0.25, 0.3) is 0 Å². The highest BCUT2D eigenvalue weighted by Crippen LogP contribution is 2.27.